The van der Waals surface area contributed by atoms with Crippen molar-refractivity contribution in [3.05, 3.63) is 36.0 Å². The van der Waals surface area contributed by atoms with E-state index in [2.05, 4.69) is 29.4 Å². The topological polar surface area (TPSA) is 53.1 Å². The van der Waals surface area contributed by atoms with Gasteiger partial charge in [-0.25, -0.2) is 0 Å². The molecule has 1 aliphatic heterocycles. The van der Waals surface area contributed by atoms with Crippen LogP contribution in [-0.4, -0.2) is 23.0 Å². The zero-order valence-electron chi connectivity index (χ0n) is 11.2. The van der Waals surface area contributed by atoms with Crippen molar-refractivity contribution in [2.75, 3.05) is 18.9 Å². The maximum atomic E-state index is 6.00. The Bertz CT molecular complexity index is 553. The molecule has 1 aliphatic rings. The summed E-state index contributed by atoms with van der Waals surface area (Å²) in [5, 5.41) is 4.18. The van der Waals surface area contributed by atoms with Gasteiger partial charge in [-0.15, -0.1) is 0 Å². The lowest BCUT2D eigenvalue weighted by Crippen LogP contribution is -2.13. The fraction of sp³-hybridized carbons (Fsp3) is 0.400. The number of anilines is 1. The molecule has 4 heteroatoms. The molecule has 2 N–H and O–H groups in total. The lowest BCUT2D eigenvalue weighted by atomic mass is 9.91. The van der Waals surface area contributed by atoms with Gasteiger partial charge in [-0.05, 0) is 29.9 Å². The van der Waals surface area contributed by atoms with Crippen LogP contribution in [0.25, 0.3) is 11.1 Å². The Kier molecular flexibility index (Phi) is 3.25. The molecule has 0 spiro atoms. The van der Waals surface area contributed by atoms with Gasteiger partial charge in [-0.1, -0.05) is 24.3 Å². The molecule has 2 aromatic rings. The first-order valence-corrected chi connectivity index (χ1v) is 6.71. The van der Waals surface area contributed by atoms with Crippen LogP contribution < -0.4 is 5.73 Å². The van der Waals surface area contributed by atoms with E-state index < -0.39 is 0 Å². The average Bonchev–Trinajstić information content (AvgIpc) is 2.80. The number of ether oxygens (including phenoxy) is 1. The van der Waals surface area contributed by atoms with Crippen LogP contribution in [-0.2, 0) is 11.8 Å². The average molecular weight is 257 g/mol. The van der Waals surface area contributed by atoms with Gasteiger partial charge < -0.3 is 10.5 Å². The van der Waals surface area contributed by atoms with E-state index in [0.29, 0.717) is 11.7 Å². The Morgan fingerprint density at radius 2 is 1.89 bits per heavy atom. The van der Waals surface area contributed by atoms with Crippen molar-refractivity contribution in [3.63, 3.8) is 0 Å². The number of nitrogens with two attached hydrogens (primary N) is 1. The summed E-state index contributed by atoms with van der Waals surface area (Å²) >= 11 is 0. The lowest BCUT2D eigenvalue weighted by Gasteiger charge is -2.22. The van der Waals surface area contributed by atoms with Crippen LogP contribution in [0.5, 0.6) is 0 Å². The summed E-state index contributed by atoms with van der Waals surface area (Å²) in [5.41, 5.74) is 9.52. The van der Waals surface area contributed by atoms with E-state index >= 15 is 0 Å². The molecule has 0 unspecified atom stereocenters. The molecule has 0 atom stereocenters. The normalized spacial score (nSPS) is 16.7. The Hall–Kier alpha value is -1.81. The summed E-state index contributed by atoms with van der Waals surface area (Å²) in [6.45, 7) is 1.75. The summed E-state index contributed by atoms with van der Waals surface area (Å²) in [6.07, 6.45) is 4.06. The third-order valence-corrected chi connectivity index (χ3v) is 3.90. The molecule has 1 aromatic heterocycles. The highest BCUT2D eigenvalue weighted by atomic mass is 16.5. The van der Waals surface area contributed by atoms with Crippen LogP contribution in [0.2, 0.25) is 0 Å². The number of hydrogen-bond acceptors (Lipinski definition) is 3. The maximum absolute atomic E-state index is 6.00. The van der Waals surface area contributed by atoms with Gasteiger partial charge in [-0.3, -0.25) is 4.68 Å². The SMILES string of the molecule is Cn1ncc(-c2ccc(C3CCOCC3)cc2)c1N. The Balaban J connectivity index is 1.84. The van der Waals surface area contributed by atoms with Crippen LogP contribution >= 0.6 is 0 Å². The number of aromatic nitrogens is 2. The smallest absolute Gasteiger partial charge is 0.129 e. The third kappa shape index (κ3) is 2.36. The number of rotatable bonds is 2. The van der Waals surface area contributed by atoms with Crippen LogP contribution in [0, 0.1) is 0 Å². The minimum atomic E-state index is 0.633. The molecule has 19 heavy (non-hydrogen) atoms. The molecule has 4 nitrogen and oxygen atoms in total. The van der Waals surface area contributed by atoms with Crippen LogP contribution in [0.4, 0.5) is 5.82 Å². The number of aryl methyl sites for hydroxylation is 1. The molecule has 0 bridgehead atoms. The molecular weight excluding hydrogens is 238 g/mol. The molecular formula is C15H19N3O. The second-order valence-electron chi connectivity index (χ2n) is 5.08. The van der Waals surface area contributed by atoms with Crippen LogP contribution in [0.1, 0.15) is 24.3 Å². The number of hydrogen-bond donors (Lipinski definition) is 1. The van der Waals surface area contributed by atoms with Gasteiger partial charge in [0.1, 0.15) is 5.82 Å². The zero-order valence-corrected chi connectivity index (χ0v) is 11.2. The number of benzene rings is 1. The summed E-state index contributed by atoms with van der Waals surface area (Å²) in [6, 6.07) is 8.69. The molecule has 3 rings (SSSR count). The largest absolute Gasteiger partial charge is 0.383 e. The Morgan fingerprint density at radius 3 is 2.47 bits per heavy atom. The molecule has 1 saturated heterocycles. The van der Waals surface area contributed by atoms with Crippen molar-refractivity contribution in [2.24, 2.45) is 7.05 Å². The quantitative estimate of drug-likeness (QED) is 0.899. The summed E-state index contributed by atoms with van der Waals surface area (Å²) in [5.74, 6) is 1.34. The number of nitrogen functional groups attached to an aromatic ring is 1. The summed E-state index contributed by atoms with van der Waals surface area (Å²) < 4.78 is 7.10. The van der Waals surface area contributed by atoms with Crippen molar-refractivity contribution in [1.29, 1.82) is 0 Å². The molecule has 1 fully saturated rings. The molecule has 0 radical (unpaired) electrons. The first-order chi connectivity index (χ1) is 9.25. The Labute approximate surface area is 113 Å². The Morgan fingerprint density at radius 1 is 1.21 bits per heavy atom. The third-order valence-electron chi connectivity index (χ3n) is 3.90. The van der Waals surface area contributed by atoms with Gasteiger partial charge in [0.25, 0.3) is 0 Å². The second-order valence-corrected chi connectivity index (χ2v) is 5.08. The van der Waals surface area contributed by atoms with E-state index in [1.54, 1.807) is 4.68 Å². The van der Waals surface area contributed by atoms with Crippen molar-refractivity contribution in [1.82, 2.24) is 9.78 Å². The van der Waals surface area contributed by atoms with Gasteiger partial charge in [-0.2, -0.15) is 5.10 Å². The van der Waals surface area contributed by atoms with Gasteiger partial charge in [0.2, 0.25) is 0 Å². The summed E-state index contributed by atoms with van der Waals surface area (Å²) in [7, 11) is 1.86. The van der Waals surface area contributed by atoms with E-state index in [1.807, 2.05) is 13.2 Å². The molecule has 0 saturated carbocycles. The minimum Gasteiger partial charge on any atom is -0.383 e. The van der Waals surface area contributed by atoms with Crippen LogP contribution in [0.15, 0.2) is 30.5 Å². The van der Waals surface area contributed by atoms with Gasteiger partial charge in [0, 0.05) is 25.8 Å². The van der Waals surface area contributed by atoms with Crippen molar-refractivity contribution < 1.29 is 4.74 Å². The van der Waals surface area contributed by atoms with Crippen molar-refractivity contribution >= 4 is 5.82 Å². The lowest BCUT2D eigenvalue weighted by molar-refractivity contribution is 0.0853. The van der Waals surface area contributed by atoms with Gasteiger partial charge in [0.05, 0.1) is 6.20 Å². The molecule has 100 valence electrons. The predicted molar refractivity (Wildman–Crippen MR) is 75.9 cm³/mol. The molecule has 0 amide bonds. The van der Waals surface area contributed by atoms with E-state index in [4.69, 9.17) is 10.5 Å². The van der Waals surface area contributed by atoms with Gasteiger partial charge in [0.15, 0.2) is 0 Å². The first kappa shape index (κ1) is 12.2. The van der Waals surface area contributed by atoms with Gasteiger partial charge >= 0.3 is 0 Å². The first-order valence-electron chi connectivity index (χ1n) is 6.71. The minimum absolute atomic E-state index is 0.633. The highest BCUT2D eigenvalue weighted by Crippen LogP contribution is 2.30. The standard InChI is InChI=1S/C15H19N3O/c1-18-15(16)14(10-17-18)13-4-2-11(3-5-13)12-6-8-19-9-7-12/h2-5,10,12H,6-9,16H2,1H3. The fourth-order valence-electron chi connectivity index (χ4n) is 2.64. The summed E-state index contributed by atoms with van der Waals surface area (Å²) in [4.78, 5) is 0. The number of nitrogens with zero attached hydrogens (tertiary/aromatic N) is 2. The highest BCUT2D eigenvalue weighted by molar-refractivity contribution is 5.73. The van der Waals surface area contributed by atoms with E-state index in [-0.39, 0.29) is 0 Å². The van der Waals surface area contributed by atoms with E-state index in [1.165, 1.54) is 5.56 Å². The highest BCUT2D eigenvalue weighted by Gasteiger charge is 2.16. The fourth-order valence-corrected chi connectivity index (χ4v) is 2.64. The molecule has 1 aromatic carbocycles. The van der Waals surface area contributed by atoms with Crippen molar-refractivity contribution in [3.8, 4) is 11.1 Å². The maximum Gasteiger partial charge on any atom is 0.129 e. The second kappa shape index (κ2) is 5.05. The van der Waals surface area contributed by atoms with E-state index in [0.717, 1.165) is 37.2 Å². The van der Waals surface area contributed by atoms with Crippen molar-refractivity contribution in [2.45, 2.75) is 18.8 Å². The monoisotopic (exact) mass is 257 g/mol. The zero-order chi connectivity index (χ0) is 13.2. The van der Waals surface area contributed by atoms with E-state index in [9.17, 15) is 0 Å². The molecule has 0 aliphatic carbocycles. The molecule has 2 heterocycles. The van der Waals surface area contributed by atoms with Crippen LogP contribution in [0.3, 0.4) is 0 Å². The predicted octanol–water partition coefficient (Wildman–Crippen LogP) is 2.56.